The molecule has 5 heteroatoms. The monoisotopic (exact) mass is 317 g/mol. The summed E-state index contributed by atoms with van der Waals surface area (Å²) in [6.07, 6.45) is 4.84. The van der Waals surface area contributed by atoms with Crippen LogP contribution in [0, 0.1) is 0 Å². The van der Waals surface area contributed by atoms with Gasteiger partial charge in [0.25, 0.3) is 5.91 Å². The third-order valence-electron chi connectivity index (χ3n) is 3.19. The molecule has 0 aliphatic carbocycles. The number of rotatable bonds is 7. The number of pyridine rings is 1. The fourth-order valence-corrected chi connectivity index (χ4v) is 2.19. The molecule has 0 atom stereocenters. The van der Waals surface area contributed by atoms with Gasteiger partial charge in [0.05, 0.1) is 5.56 Å². The van der Waals surface area contributed by atoms with Crippen LogP contribution in [0.2, 0.25) is 5.02 Å². The van der Waals surface area contributed by atoms with Gasteiger partial charge in [0.1, 0.15) is 5.82 Å². The number of benzene rings is 1. The minimum Gasteiger partial charge on any atom is -0.352 e. The first-order chi connectivity index (χ1) is 10.7. The van der Waals surface area contributed by atoms with E-state index in [0.29, 0.717) is 22.9 Å². The highest BCUT2D eigenvalue weighted by molar-refractivity contribution is 6.30. The van der Waals surface area contributed by atoms with Gasteiger partial charge in [-0.25, -0.2) is 4.98 Å². The van der Waals surface area contributed by atoms with E-state index >= 15 is 0 Å². The fourth-order valence-electron chi connectivity index (χ4n) is 2.00. The zero-order valence-corrected chi connectivity index (χ0v) is 13.4. The molecule has 22 heavy (non-hydrogen) atoms. The third kappa shape index (κ3) is 5.04. The lowest BCUT2D eigenvalue weighted by Gasteiger charge is -2.07. The molecule has 1 aromatic heterocycles. The largest absolute Gasteiger partial charge is 0.352 e. The normalized spacial score (nSPS) is 10.3. The predicted octanol–water partition coefficient (Wildman–Crippen LogP) is 4.40. The second-order valence-corrected chi connectivity index (χ2v) is 5.47. The maximum absolute atomic E-state index is 11.9. The van der Waals surface area contributed by atoms with E-state index in [-0.39, 0.29) is 5.91 Å². The number of carbonyl (C=O) groups excluding carboxylic acids is 1. The molecule has 0 saturated heterocycles. The Morgan fingerprint density at radius 3 is 2.77 bits per heavy atom. The molecule has 1 amide bonds. The number of anilines is 2. The summed E-state index contributed by atoms with van der Waals surface area (Å²) in [5.41, 5.74) is 1.42. The molecule has 0 aliphatic heterocycles. The molecule has 0 bridgehead atoms. The van der Waals surface area contributed by atoms with Gasteiger partial charge >= 0.3 is 0 Å². The van der Waals surface area contributed by atoms with Gasteiger partial charge in [-0.3, -0.25) is 4.79 Å². The predicted molar refractivity (Wildman–Crippen MR) is 90.8 cm³/mol. The number of carbonyl (C=O) groups is 1. The zero-order chi connectivity index (χ0) is 15.8. The molecule has 0 fully saturated rings. The first-order valence-electron chi connectivity index (χ1n) is 7.46. The number of amides is 1. The summed E-state index contributed by atoms with van der Waals surface area (Å²) >= 11 is 5.94. The van der Waals surface area contributed by atoms with E-state index < -0.39 is 0 Å². The Labute approximate surface area is 135 Å². The maximum Gasteiger partial charge on any atom is 0.252 e. The number of nitrogens with zero attached hydrogens (tertiary/aromatic N) is 1. The maximum atomic E-state index is 11.9. The lowest BCUT2D eigenvalue weighted by Crippen LogP contribution is -2.24. The minimum absolute atomic E-state index is 0.0853. The first kappa shape index (κ1) is 16.3. The number of hydrogen-bond donors (Lipinski definition) is 2. The molecule has 0 saturated carbocycles. The van der Waals surface area contributed by atoms with E-state index in [1.54, 1.807) is 18.3 Å². The van der Waals surface area contributed by atoms with Crippen molar-refractivity contribution in [2.75, 3.05) is 11.9 Å². The van der Waals surface area contributed by atoms with Gasteiger partial charge in [-0.1, -0.05) is 37.4 Å². The average Bonchev–Trinajstić information content (AvgIpc) is 2.52. The van der Waals surface area contributed by atoms with E-state index in [1.807, 2.05) is 24.3 Å². The summed E-state index contributed by atoms with van der Waals surface area (Å²) in [4.78, 5) is 16.2. The van der Waals surface area contributed by atoms with Crippen molar-refractivity contribution in [3.8, 4) is 0 Å². The summed E-state index contributed by atoms with van der Waals surface area (Å²) in [5, 5.41) is 6.70. The van der Waals surface area contributed by atoms with Crippen LogP contribution in [0.25, 0.3) is 0 Å². The molecule has 1 aromatic carbocycles. The van der Waals surface area contributed by atoms with Crippen LogP contribution >= 0.6 is 11.6 Å². The molecule has 0 radical (unpaired) electrons. The van der Waals surface area contributed by atoms with Crippen molar-refractivity contribution in [3.05, 3.63) is 53.2 Å². The van der Waals surface area contributed by atoms with Crippen molar-refractivity contribution < 1.29 is 4.79 Å². The summed E-state index contributed by atoms with van der Waals surface area (Å²) in [7, 11) is 0. The standard InChI is InChI=1S/C17H20ClN3O/c1-2-3-4-10-19-17(22)13-8-9-16(20-12-13)21-15-7-5-6-14(18)11-15/h5-9,11-12H,2-4,10H2,1H3,(H,19,22)(H,20,21). The Balaban J connectivity index is 1.91. The van der Waals surface area contributed by atoms with Crippen molar-refractivity contribution in [1.29, 1.82) is 0 Å². The van der Waals surface area contributed by atoms with Crippen LogP contribution in [0.5, 0.6) is 0 Å². The number of halogens is 1. The number of hydrogen-bond acceptors (Lipinski definition) is 3. The van der Waals surface area contributed by atoms with Gasteiger partial charge in [0.15, 0.2) is 0 Å². The molecular weight excluding hydrogens is 298 g/mol. The molecule has 4 nitrogen and oxygen atoms in total. The van der Waals surface area contributed by atoms with Crippen molar-refractivity contribution >= 4 is 29.0 Å². The lowest BCUT2D eigenvalue weighted by atomic mass is 10.2. The second-order valence-electron chi connectivity index (χ2n) is 5.03. The van der Waals surface area contributed by atoms with Crippen LogP contribution in [-0.2, 0) is 0 Å². The highest BCUT2D eigenvalue weighted by Gasteiger charge is 2.05. The fraction of sp³-hybridized carbons (Fsp3) is 0.294. The van der Waals surface area contributed by atoms with Crippen LogP contribution in [0.4, 0.5) is 11.5 Å². The van der Waals surface area contributed by atoms with E-state index in [9.17, 15) is 4.79 Å². The van der Waals surface area contributed by atoms with E-state index in [1.165, 1.54) is 0 Å². The van der Waals surface area contributed by atoms with Gasteiger partial charge < -0.3 is 10.6 Å². The SMILES string of the molecule is CCCCCNC(=O)c1ccc(Nc2cccc(Cl)c2)nc1. The van der Waals surface area contributed by atoms with Gasteiger partial charge in [-0.2, -0.15) is 0 Å². The van der Waals surface area contributed by atoms with E-state index in [0.717, 1.165) is 24.9 Å². The summed E-state index contributed by atoms with van der Waals surface area (Å²) in [6, 6.07) is 10.9. The zero-order valence-electron chi connectivity index (χ0n) is 12.6. The number of unbranched alkanes of at least 4 members (excludes halogenated alkanes) is 2. The van der Waals surface area contributed by atoms with E-state index in [2.05, 4.69) is 22.5 Å². The highest BCUT2D eigenvalue weighted by atomic mass is 35.5. The van der Waals surface area contributed by atoms with Gasteiger partial charge in [0, 0.05) is 23.5 Å². The molecule has 0 aliphatic rings. The molecule has 116 valence electrons. The number of aromatic nitrogens is 1. The van der Waals surface area contributed by atoms with Crippen LogP contribution in [-0.4, -0.2) is 17.4 Å². The van der Waals surface area contributed by atoms with Crippen molar-refractivity contribution in [2.24, 2.45) is 0 Å². The van der Waals surface area contributed by atoms with Crippen molar-refractivity contribution in [1.82, 2.24) is 10.3 Å². The van der Waals surface area contributed by atoms with Crippen LogP contribution in [0.15, 0.2) is 42.6 Å². The molecular formula is C17H20ClN3O. The first-order valence-corrected chi connectivity index (χ1v) is 7.83. The summed E-state index contributed by atoms with van der Waals surface area (Å²) in [5.74, 6) is 0.586. The second kappa shape index (κ2) is 8.39. The Kier molecular flexibility index (Phi) is 6.22. The van der Waals surface area contributed by atoms with Crippen molar-refractivity contribution in [2.45, 2.75) is 26.2 Å². The third-order valence-corrected chi connectivity index (χ3v) is 3.42. The summed E-state index contributed by atoms with van der Waals surface area (Å²) in [6.45, 7) is 2.84. The topological polar surface area (TPSA) is 54.0 Å². The quantitative estimate of drug-likeness (QED) is 0.744. The van der Waals surface area contributed by atoms with Gasteiger partial charge in [-0.05, 0) is 36.8 Å². The van der Waals surface area contributed by atoms with Crippen LogP contribution in [0.3, 0.4) is 0 Å². The van der Waals surface area contributed by atoms with Gasteiger partial charge in [0.2, 0.25) is 0 Å². The Bertz CT molecular complexity index is 614. The average molecular weight is 318 g/mol. The molecule has 0 spiro atoms. The van der Waals surface area contributed by atoms with Crippen molar-refractivity contribution in [3.63, 3.8) is 0 Å². The Morgan fingerprint density at radius 2 is 2.09 bits per heavy atom. The Hall–Kier alpha value is -2.07. The molecule has 1 heterocycles. The van der Waals surface area contributed by atoms with E-state index in [4.69, 9.17) is 11.6 Å². The van der Waals surface area contributed by atoms with Crippen LogP contribution in [0.1, 0.15) is 36.5 Å². The lowest BCUT2D eigenvalue weighted by molar-refractivity contribution is 0.0952. The number of nitrogens with one attached hydrogen (secondary N) is 2. The molecule has 0 unspecified atom stereocenters. The van der Waals surface area contributed by atoms with Crippen LogP contribution < -0.4 is 10.6 Å². The smallest absolute Gasteiger partial charge is 0.252 e. The minimum atomic E-state index is -0.0853. The molecule has 2 N–H and O–H groups in total. The molecule has 2 rings (SSSR count). The molecule has 2 aromatic rings. The summed E-state index contributed by atoms with van der Waals surface area (Å²) < 4.78 is 0. The van der Waals surface area contributed by atoms with Gasteiger partial charge in [-0.15, -0.1) is 0 Å². The highest BCUT2D eigenvalue weighted by Crippen LogP contribution is 2.18. The Morgan fingerprint density at radius 1 is 1.23 bits per heavy atom.